The highest BCUT2D eigenvalue weighted by atomic mass is 19.1. The zero-order valence-electron chi connectivity index (χ0n) is 40.1. The molecule has 0 saturated heterocycles. The molecule has 350 valence electrons. The fourth-order valence-corrected chi connectivity index (χ4v) is 11.2. The number of hydrogen-bond acceptors (Lipinski definition) is 4. The van der Waals surface area contributed by atoms with Crippen molar-refractivity contribution in [3.05, 3.63) is 283 Å². The van der Waals surface area contributed by atoms with E-state index in [2.05, 4.69) is 198 Å². The Balaban J connectivity index is 0.926. The van der Waals surface area contributed by atoms with E-state index in [1.54, 1.807) is 6.08 Å². The molecular weight excluding hydrogens is 908 g/mol. The van der Waals surface area contributed by atoms with Crippen molar-refractivity contribution in [1.29, 1.82) is 0 Å². The van der Waals surface area contributed by atoms with Crippen LogP contribution in [0.3, 0.4) is 0 Å². The first-order valence-corrected chi connectivity index (χ1v) is 25.0. The number of allylic oxidation sites excluding steroid dienone is 4. The summed E-state index contributed by atoms with van der Waals surface area (Å²) in [5.74, 6) is 1.27. The van der Waals surface area contributed by atoms with Gasteiger partial charge in [-0.2, -0.15) is 0 Å². The Morgan fingerprint density at radius 2 is 1.08 bits per heavy atom. The van der Waals surface area contributed by atoms with Crippen molar-refractivity contribution in [2.24, 2.45) is 0 Å². The Kier molecular flexibility index (Phi) is 10.4. The molecule has 0 radical (unpaired) electrons. The summed E-state index contributed by atoms with van der Waals surface area (Å²) in [6.45, 7) is 0. The summed E-state index contributed by atoms with van der Waals surface area (Å²) in [6, 6.07) is 85.8. The third kappa shape index (κ3) is 7.36. The van der Waals surface area contributed by atoms with Crippen LogP contribution < -0.4 is 14.5 Å². The maximum atomic E-state index is 17.6. The standard InChI is InChI=1S/C69H45FN2O2/c70-61-44-58(47-23-9-3-10-24-47)49(39-45-19-5-1-6-20-45)41-64(61)72(62-31-15-13-27-53(62)46-21-7-2-8-22-46)51-36-35-48-40-60-55-38-37-52(43-67(55)73-66-34-18-29-56(68(60)66)59(48)42-51)71(50-25-11-4-12-26-50)63-32-17-30-57-54-28-14-16-33-65(54)74-69(57)63/h1-40,42-44H,41H2/b49-39+. The van der Waals surface area contributed by atoms with E-state index in [1.165, 1.54) is 0 Å². The molecule has 11 aromatic carbocycles. The summed E-state index contributed by atoms with van der Waals surface area (Å²) in [5, 5.41) is 6.34. The summed E-state index contributed by atoms with van der Waals surface area (Å²) >= 11 is 0. The van der Waals surface area contributed by atoms with Gasteiger partial charge in [0.1, 0.15) is 22.9 Å². The summed E-state index contributed by atoms with van der Waals surface area (Å²) < 4.78 is 31.2. The van der Waals surface area contributed by atoms with Crippen LogP contribution in [0, 0.1) is 0 Å². The van der Waals surface area contributed by atoms with Crippen molar-refractivity contribution < 1.29 is 13.5 Å². The Labute approximate surface area is 428 Å². The molecule has 12 aromatic rings. The largest absolute Gasteiger partial charge is 0.456 e. The van der Waals surface area contributed by atoms with Crippen LogP contribution in [0.2, 0.25) is 0 Å². The average Bonchev–Trinajstić information content (AvgIpc) is 3.88. The molecule has 0 N–H and O–H groups in total. The Morgan fingerprint density at radius 3 is 1.91 bits per heavy atom. The van der Waals surface area contributed by atoms with E-state index in [0.29, 0.717) is 12.1 Å². The van der Waals surface area contributed by atoms with E-state index in [-0.39, 0.29) is 5.83 Å². The number of hydrogen-bond donors (Lipinski definition) is 0. The van der Waals surface area contributed by atoms with Crippen molar-refractivity contribution in [1.82, 2.24) is 0 Å². The van der Waals surface area contributed by atoms with Gasteiger partial charge < -0.3 is 19.0 Å². The summed E-state index contributed by atoms with van der Waals surface area (Å²) in [5.41, 5.74) is 14.9. The van der Waals surface area contributed by atoms with Gasteiger partial charge in [0.15, 0.2) is 5.58 Å². The molecular formula is C69H45FN2O2. The number of anilines is 5. The minimum absolute atomic E-state index is 0.279. The van der Waals surface area contributed by atoms with Crippen molar-refractivity contribution in [3.63, 3.8) is 0 Å². The minimum Gasteiger partial charge on any atom is -0.456 e. The van der Waals surface area contributed by atoms with Crippen LogP contribution in [0.4, 0.5) is 32.8 Å². The maximum absolute atomic E-state index is 17.6. The molecule has 0 amide bonds. The average molecular weight is 953 g/mol. The monoisotopic (exact) mass is 952 g/mol. The van der Waals surface area contributed by atoms with Crippen LogP contribution in [-0.2, 0) is 0 Å². The van der Waals surface area contributed by atoms with Gasteiger partial charge in [0.05, 0.1) is 22.8 Å². The third-order valence-corrected chi connectivity index (χ3v) is 14.5. The molecule has 0 bridgehead atoms. The summed E-state index contributed by atoms with van der Waals surface area (Å²) in [7, 11) is 0. The predicted molar refractivity (Wildman–Crippen MR) is 305 cm³/mol. The van der Waals surface area contributed by atoms with E-state index in [9.17, 15) is 0 Å². The maximum Gasteiger partial charge on any atom is 0.159 e. The number of furan rings is 1. The lowest BCUT2D eigenvalue weighted by molar-refractivity contribution is 0.487. The van der Waals surface area contributed by atoms with Crippen molar-refractivity contribution in [2.75, 3.05) is 9.80 Å². The highest BCUT2D eigenvalue weighted by Gasteiger charge is 2.30. The van der Waals surface area contributed by atoms with Crippen LogP contribution in [0.15, 0.2) is 276 Å². The molecule has 1 aromatic heterocycles. The number of halogens is 1. The van der Waals surface area contributed by atoms with Gasteiger partial charge in [0.25, 0.3) is 0 Å². The van der Waals surface area contributed by atoms with Crippen LogP contribution >= 0.6 is 0 Å². The number of rotatable bonds is 9. The van der Waals surface area contributed by atoms with E-state index < -0.39 is 0 Å². The zero-order valence-corrected chi connectivity index (χ0v) is 40.1. The second-order valence-corrected chi connectivity index (χ2v) is 18.9. The van der Waals surface area contributed by atoms with Crippen LogP contribution in [0.25, 0.3) is 77.4 Å². The van der Waals surface area contributed by atoms with Crippen molar-refractivity contribution >= 4 is 83.6 Å². The van der Waals surface area contributed by atoms with Crippen molar-refractivity contribution in [3.8, 4) is 33.8 Å². The van der Waals surface area contributed by atoms with E-state index >= 15 is 4.39 Å². The molecule has 0 unspecified atom stereocenters. The number of para-hydroxylation sites is 4. The number of benzene rings is 11. The van der Waals surface area contributed by atoms with Gasteiger partial charge in [-0.3, -0.25) is 0 Å². The lowest BCUT2D eigenvalue weighted by atomic mass is 9.87. The van der Waals surface area contributed by atoms with E-state index in [1.807, 2.05) is 66.7 Å². The Bertz CT molecular complexity index is 4250. The van der Waals surface area contributed by atoms with Gasteiger partial charge in [-0.25, -0.2) is 4.39 Å². The van der Waals surface area contributed by atoms with Crippen LogP contribution in [0.5, 0.6) is 11.5 Å². The van der Waals surface area contributed by atoms with Gasteiger partial charge in [-0.05, 0) is 122 Å². The molecule has 14 rings (SSSR count). The number of ether oxygens (including phenoxy) is 1. The Hall–Kier alpha value is -9.71. The third-order valence-electron chi connectivity index (χ3n) is 14.5. The molecule has 1 aliphatic carbocycles. The van der Waals surface area contributed by atoms with Gasteiger partial charge in [0, 0.05) is 51.1 Å². The van der Waals surface area contributed by atoms with Gasteiger partial charge >= 0.3 is 0 Å². The fourth-order valence-electron chi connectivity index (χ4n) is 11.2. The molecule has 2 heterocycles. The molecule has 5 heteroatoms. The summed E-state index contributed by atoms with van der Waals surface area (Å²) in [4.78, 5) is 4.39. The van der Waals surface area contributed by atoms with Crippen LogP contribution in [-0.4, -0.2) is 0 Å². The molecule has 1 aliphatic heterocycles. The first kappa shape index (κ1) is 43.1. The predicted octanol–water partition coefficient (Wildman–Crippen LogP) is 19.7. The highest BCUT2D eigenvalue weighted by Crippen LogP contribution is 2.53. The topological polar surface area (TPSA) is 28.9 Å². The molecule has 0 atom stereocenters. The van der Waals surface area contributed by atoms with Crippen LogP contribution in [0.1, 0.15) is 17.5 Å². The molecule has 74 heavy (non-hydrogen) atoms. The quantitative estimate of drug-likeness (QED) is 0.135. The molecule has 4 nitrogen and oxygen atoms in total. The summed E-state index contributed by atoms with van der Waals surface area (Å²) in [6.07, 6.45) is 4.28. The normalized spacial score (nSPS) is 13.6. The number of fused-ring (bicyclic) bond motifs is 7. The number of nitrogens with zero attached hydrogens (tertiary/aromatic N) is 2. The second kappa shape index (κ2) is 17.9. The molecule has 0 spiro atoms. The fraction of sp³-hybridized carbons (Fsp3) is 0.0145. The lowest BCUT2D eigenvalue weighted by Crippen LogP contribution is -2.21. The van der Waals surface area contributed by atoms with E-state index in [4.69, 9.17) is 9.15 Å². The molecule has 0 fully saturated rings. The van der Waals surface area contributed by atoms with E-state index in [0.717, 1.165) is 128 Å². The first-order valence-electron chi connectivity index (χ1n) is 25.0. The van der Waals surface area contributed by atoms with Gasteiger partial charge in [-0.15, -0.1) is 0 Å². The highest BCUT2D eigenvalue weighted by molar-refractivity contribution is 6.18. The lowest BCUT2D eigenvalue weighted by Gasteiger charge is -2.33. The SMILES string of the molecule is FC1=C(N(c2ccc3cc4c5c(cccc5c3c2)Oc2cc(N(c3ccccc3)c3cccc5c3oc3ccccc35)ccc2-4)c2ccccc2-c2ccccc2)C/C(=C\c2ccccc2)C(c2ccccc2)=C1. The Morgan fingerprint density at radius 1 is 0.432 bits per heavy atom. The smallest absolute Gasteiger partial charge is 0.159 e. The minimum atomic E-state index is -0.279. The molecule has 0 saturated carbocycles. The van der Waals surface area contributed by atoms with Gasteiger partial charge in [-0.1, -0.05) is 182 Å². The van der Waals surface area contributed by atoms with Gasteiger partial charge in [0.2, 0.25) is 0 Å². The zero-order chi connectivity index (χ0) is 49.1. The first-order chi connectivity index (χ1) is 36.6. The second-order valence-electron chi connectivity index (χ2n) is 18.9. The van der Waals surface area contributed by atoms with Crippen molar-refractivity contribution in [2.45, 2.75) is 6.42 Å². The molecule has 2 aliphatic rings.